The van der Waals surface area contributed by atoms with Gasteiger partial charge in [-0.1, -0.05) is 6.92 Å². The average Bonchev–Trinajstić information content (AvgIpc) is 2.50. The number of anilines is 2. The fraction of sp³-hybridized carbons (Fsp3) is 0.471. The second-order valence-corrected chi connectivity index (χ2v) is 6.59. The van der Waals surface area contributed by atoms with Crippen molar-refractivity contribution in [2.45, 2.75) is 19.8 Å². The third kappa shape index (κ3) is 2.95. The quantitative estimate of drug-likeness (QED) is 0.851. The Hall–Kier alpha value is -1.81. The maximum Gasteiger partial charge on any atom is 0.0437 e. The molecule has 2 heterocycles. The summed E-state index contributed by atoms with van der Waals surface area (Å²) >= 11 is 0. The zero-order valence-corrected chi connectivity index (χ0v) is 12.9. The normalized spacial score (nSPS) is 18.8. The number of nitrogen functional groups attached to an aromatic ring is 1. The van der Waals surface area contributed by atoms with Gasteiger partial charge in [-0.25, -0.2) is 0 Å². The van der Waals surface area contributed by atoms with E-state index < -0.39 is 0 Å². The van der Waals surface area contributed by atoms with Gasteiger partial charge in [-0.3, -0.25) is 4.98 Å². The van der Waals surface area contributed by atoms with Gasteiger partial charge in [-0.15, -0.1) is 0 Å². The van der Waals surface area contributed by atoms with Crippen LogP contribution in [-0.2, 0) is 0 Å². The minimum Gasteiger partial charge on any atom is -0.398 e. The van der Waals surface area contributed by atoms with Gasteiger partial charge >= 0.3 is 0 Å². The van der Waals surface area contributed by atoms with E-state index in [1.54, 1.807) is 6.20 Å². The first-order valence-corrected chi connectivity index (χ1v) is 7.62. The fourth-order valence-corrected chi connectivity index (χ4v) is 3.01. The van der Waals surface area contributed by atoms with Crippen molar-refractivity contribution in [2.75, 3.05) is 37.7 Å². The molecule has 3 N–H and O–H groups in total. The Morgan fingerprint density at radius 2 is 2.00 bits per heavy atom. The molecule has 1 aromatic carbocycles. The number of benzene rings is 1. The van der Waals surface area contributed by atoms with E-state index in [9.17, 15) is 0 Å². The molecule has 1 saturated heterocycles. The standard InChI is InChI=1S/C17H24N4/c1-17(6-9-21(2)10-7-17)12-20-16-4-3-15(18)13-5-8-19-11-14(13)16/h3-5,8,11,20H,6-7,9-10,12,18H2,1-2H3. The molecule has 0 atom stereocenters. The summed E-state index contributed by atoms with van der Waals surface area (Å²) < 4.78 is 0. The van der Waals surface area contributed by atoms with Crippen molar-refractivity contribution in [2.24, 2.45) is 5.41 Å². The van der Waals surface area contributed by atoms with Crippen molar-refractivity contribution in [3.05, 3.63) is 30.6 Å². The topological polar surface area (TPSA) is 54.2 Å². The van der Waals surface area contributed by atoms with Crippen molar-refractivity contribution < 1.29 is 0 Å². The van der Waals surface area contributed by atoms with E-state index in [1.165, 1.54) is 25.9 Å². The number of hydrogen-bond donors (Lipinski definition) is 2. The van der Waals surface area contributed by atoms with Crippen LogP contribution in [0.4, 0.5) is 11.4 Å². The van der Waals surface area contributed by atoms with E-state index in [0.717, 1.165) is 28.7 Å². The molecule has 0 radical (unpaired) electrons. The molecular formula is C17H24N4. The van der Waals surface area contributed by atoms with Crippen LogP contribution in [0.1, 0.15) is 19.8 Å². The molecule has 2 aromatic rings. The van der Waals surface area contributed by atoms with Crippen LogP contribution in [0.3, 0.4) is 0 Å². The lowest BCUT2D eigenvalue weighted by atomic mass is 9.80. The maximum absolute atomic E-state index is 6.04. The summed E-state index contributed by atoms with van der Waals surface area (Å²) in [5.74, 6) is 0. The van der Waals surface area contributed by atoms with Gasteiger partial charge < -0.3 is 16.0 Å². The third-order valence-electron chi connectivity index (χ3n) is 4.75. The first-order valence-electron chi connectivity index (χ1n) is 7.62. The van der Waals surface area contributed by atoms with E-state index in [0.29, 0.717) is 5.41 Å². The number of piperidine rings is 1. The lowest BCUT2D eigenvalue weighted by Crippen LogP contribution is -2.40. The minimum atomic E-state index is 0.364. The zero-order valence-electron chi connectivity index (χ0n) is 12.9. The summed E-state index contributed by atoms with van der Waals surface area (Å²) in [7, 11) is 2.20. The van der Waals surface area contributed by atoms with Crippen LogP contribution in [0.5, 0.6) is 0 Å². The van der Waals surface area contributed by atoms with Crippen LogP contribution in [0.15, 0.2) is 30.6 Å². The molecule has 4 nitrogen and oxygen atoms in total. The first kappa shape index (κ1) is 14.1. The highest BCUT2D eigenvalue weighted by Crippen LogP contribution is 2.33. The molecule has 112 valence electrons. The van der Waals surface area contributed by atoms with E-state index in [2.05, 4.69) is 35.2 Å². The highest BCUT2D eigenvalue weighted by molar-refractivity contribution is 6.00. The van der Waals surface area contributed by atoms with Crippen molar-refractivity contribution >= 4 is 22.1 Å². The van der Waals surface area contributed by atoms with Crippen LogP contribution in [-0.4, -0.2) is 36.6 Å². The molecule has 0 bridgehead atoms. The molecule has 1 aliphatic heterocycles. The molecule has 1 aromatic heterocycles. The Morgan fingerprint density at radius 1 is 1.24 bits per heavy atom. The van der Waals surface area contributed by atoms with Crippen LogP contribution in [0, 0.1) is 5.41 Å². The summed E-state index contributed by atoms with van der Waals surface area (Å²) in [5, 5.41) is 5.80. The van der Waals surface area contributed by atoms with Gasteiger partial charge in [0.05, 0.1) is 0 Å². The molecule has 1 fully saturated rings. The number of nitrogens with zero attached hydrogens (tertiary/aromatic N) is 2. The Kier molecular flexibility index (Phi) is 3.72. The van der Waals surface area contributed by atoms with Crippen molar-refractivity contribution in [1.29, 1.82) is 0 Å². The smallest absolute Gasteiger partial charge is 0.0437 e. The molecule has 0 unspecified atom stereocenters. The number of rotatable bonds is 3. The largest absolute Gasteiger partial charge is 0.398 e. The second-order valence-electron chi connectivity index (χ2n) is 6.59. The Bertz CT molecular complexity index is 630. The molecule has 0 aliphatic carbocycles. The summed E-state index contributed by atoms with van der Waals surface area (Å²) in [6.45, 7) is 5.74. The van der Waals surface area contributed by atoms with Crippen LogP contribution < -0.4 is 11.1 Å². The van der Waals surface area contributed by atoms with Gasteiger partial charge in [0, 0.05) is 41.1 Å². The van der Waals surface area contributed by atoms with Gasteiger partial charge in [0.25, 0.3) is 0 Å². The molecular weight excluding hydrogens is 260 g/mol. The van der Waals surface area contributed by atoms with E-state index in [1.807, 2.05) is 18.3 Å². The molecule has 0 amide bonds. The minimum absolute atomic E-state index is 0.364. The Labute approximate surface area is 126 Å². The van der Waals surface area contributed by atoms with Gasteiger partial charge in [0.2, 0.25) is 0 Å². The number of fused-ring (bicyclic) bond motifs is 1. The molecule has 0 spiro atoms. The number of nitrogens with one attached hydrogen (secondary N) is 1. The van der Waals surface area contributed by atoms with Gasteiger partial charge in [0.15, 0.2) is 0 Å². The van der Waals surface area contributed by atoms with Crippen LogP contribution in [0.2, 0.25) is 0 Å². The zero-order chi connectivity index (χ0) is 14.9. The SMILES string of the molecule is CN1CCC(C)(CNc2ccc(N)c3ccncc23)CC1. The number of pyridine rings is 1. The lowest BCUT2D eigenvalue weighted by Gasteiger charge is -2.38. The number of likely N-dealkylation sites (tertiary alicyclic amines) is 1. The maximum atomic E-state index is 6.04. The molecule has 0 saturated carbocycles. The van der Waals surface area contributed by atoms with Crippen molar-refractivity contribution in [1.82, 2.24) is 9.88 Å². The van der Waals surface area contributed by atoms with Gasteiger partial charge in [-0.05, 0) is 56.6 Å². The molecule has 21 heavy (non-hydrogen) atoms. The fourth-order valence-electron chi connectivity index (χ4n) is 3.01. The number of hydrogen-bond acceptors (Lipinski definition) is 4. The van der Waals surface area contributed by atoms with Crippen molar-refractivity contribution in [3.8, 4) is 0 Å². The number of nitrogens with two attached hydrogens (primary N) is 1. The lowest BCUT2D eigenvalue weighted by molar-refractivity contribution is 0.150. The van der Waals surface area contributed by atoms with Gasteiger partial charge in [-0.2, -0.15) is 0 Å². The molecule has 3 rings (SSSR count). The first-order chi connectivity index (χ1) is 10.1. The predicted molar refractivity (Wildman–Crippen MR) is 89.5 cm³/mol. The summed E-state index contributed by atoms with van der Waals surface area (Å²) in [5.41, 5.74) is 8.35. The van der Waals surface area contributed by atoms with Crippen LogP contribution in [0.25, 0.3) is 10.8 Å². The van der Waals surface area contributed by atoms with Crippen molar-refractivity contribution in [3.63, 3.8) is 0 Å². The molecule has 4 heteroatoms. The number of aromatic nitrogens is 1. The molecule has 1 aliphatic rings. The highest BCUT2D eigenvalue weighted by Gasteiger charge is 2.28. The van der Waals surface area contributed by atoms with Crippen LogP contribution >= 0.6 is 0 Å². The monoisotopic (exact) mass is 284 g/mol. The summed E-state index contributed by atoms with van der Waals surface area (Å²) in [6, 6.07) is 6.02. The summed E-state index contributed by atoms with van der Waals surface area (Å²) in [6.07, 6.45) is 6.16. The predicted octanol–water partition coefficient (Wildman–Crippen LogP) is 2.96. The Morgan fingerprint density at radius 3 is 2.76 bits per heavy atom. The second kappa shape index (κ2) is 5.53. The Balaban J connectivity index is 1.78. The van der Waals surface area contributed by atoms with E-state index >= 15 is 0 Å². The van der Waals surface area contributed by atoms with E-state index in [-0.39, 0.29) is 0 Å². The van der Waals surface area contributed by atoms with E-state index in [4.69, 9.17) is 5.73 Å². The summed E-state index contributed by atoms with van der Waals surface area (Å²) in [4.78, 5) is 6.64. The highest BCUT2D eigenvalue weighted by atomic mass is 15.1. The van der Waals surface area contributed by atoms with Gasteiger partial charge in [0.1, 0.15) is 0 Å². The third-order valence-corrected chi connectivity index (χ3v) is 4.75. The average molecular weight is 284 g/mol.